The van der Waals surface area contributed by atoms with E-state index in [1.54, 1.807) is 7.11 Å². The molecule has 2 rings (SSSR count). The maximum absolute atomic E-state index is 12.1. The molecule has 0 radical (unpaired) electrons. The van der Waals surface area contributed by atoms with Crippen molar-refractivity contribution in [2.24, 2.45) is 0 Å². The van der Waals surface area contributed by atoms with Crippen LogP contribution in [-0.2, 0) is 16.1 Å². The summed E-state index contributed by atoms with van der Waals surface area (Å²) in [5, 5.41) is 6.29. The third-order valence-corrected chi connectivity index (χ3v) is 3.32. The van der Waals surface area contributed by atoms with Crippen molar-refractivity contribution in [1.29, 1.82) is 0 Å². The molecule has 5 nitrogen and oxygen atoms in total. The first kappa shape index (κ1) is 15.0. The fourth-order valence-corrected chi connectivity index (χ4v) is 2.37. The third kappa shape index (κ3) is 4.92. The second-order valence-corrected chi connectivity index (χ2v) is 5.06. The molecule has 5 heteroatoms. The fourth-order valence-electron chi connectivity index (χ4n) is 2.37. The van der Waals surface area contributed by atoms with Gasteiger partial charge in [0.2, 0.25) is 5.91 Å². The molecule has 0 bridgehead atoms. The molecule has 1 fully saturated rings. The molecule has 110 valence electrons. The molecule has 20 heavy (non-hydrogen) atoms. The van der Waals surface area contributed by atoms with Crippen molar-refractivity contribution in [3.8, 4) is 0 Å². The lowest BCUT2D eigenvalue weighted by molar-refractivity contribution is -0.117. The lowest BCUT2D eigenvalue weighted by atomic mass is 10.2. The van der Waals surface area contributed by atoms with E-state index in [9.17, 15) is 4.79 Å². The summed E-state index contributed by atoms with van der Waals surface area (Å²) in [6, 6.07) is 7.77. The Labute approximate surface area is 120 Å². The van der Waals surface area contributed by atoms with E-state index in [1.807, 2.05) is 24.3 Å². The number of amides is 1. The van der Waals surface area contributed by atoms with E-state index in [-0.39, 0.29) is 5.91 Å². The summed E-state index contributed by atoms with van der Waals surface area (Å²) in [7, 11) is 1.67. The van der Waals surface area contributed by atoms with E-state index >= 15 is 0 Å². The number of carbonyl (C=O) groups is 1. The van der Waals surface area contributed by atoms with Crippen LogP contribution < -0.4 is 10.6 Å². The predicted molar refractivity (Wildman–Crippen MR) is 79.7 cm³/mol. The second-order valence-electron chi connectivity index (χ2n) is 5.06. The Bertz CT molecular complexity index is 429. The highest BCUT2D eigenvalue weighted by molar-refractivity contribution is 5.92. The number of anilines is 1. The van der Waals surface area contributed by atoms with E-state index in [0.717, 1.165) is 43.9 Å². The van der Waals surface area contributed by atoms with Crippen LogP contribution in [0.2, 0.25) is 0 Å². The third-order valence-electron chi connectivity index (χ3n) is 3.32. The van der Waals surface area contributed by atoms with E-state index in [2.05, 4.69) is 15.5 Å². The van der Waals surface area contributed by atoms with Gasteiger partial charge in [-0.05, 0) is 37.2 Å². The SMILES string of the molecule is COCc1cccc(NC(=O)CN2CCCNCC2)c1. The van der Waals surface area contributed by atoms with Gasteiger partial charge in [-0.25, -0.2) is 0 Å². The van der Waals surface area contributed by atoms with Crippen LogP contribution in [0.25, 0.3) is 0 Å². The number of benzene rings is 1. The first-order valence-electron chi connectivity index (χ1n) is 7.09. The Balaban J connectivity index is 1.85. The zero-order valence-corrected chi connectivity index (χ0v) is 12.0. The maximum Gasteiger partial charge on any atom is 0.238 e. The monoisotopic (exact) mass is 277 g/mol. The van der Waals surface area contributed by atoms with E-state index in [0.29, 0.717) is 13.2 Å². The molecule has 1 heterocycles. The first-order chi connectivity index (χ1) is 9.78. The first-order valence-corrected chi connectivity index (χ1v) is 7.09. The van der Waals surface area contributed by atoms with Crippen molar-refractivity contribution in [2.75, 3.05) is 45.2 Å². The van der Waals surface area contributed by atoms with E-state index in [4.69, 9.17) is 4.74 Å². The van der Waals surface area contributed by atoms with Gasteiger partial charge in [-0.3, -0.25) is 9.69 Å². The van der Waals surface area contributed by atoms with Crippen molar-refractivity contribution in [3.05, 3.63) is 29.8 Å². The Hall–Kier alpha value is -1.43. The fraction of sp³-hybridized carbons (Fsp3) is 0.533. The lowest BCUT2D eigenvalue weighted by Crippen LogP contribution is -2.35. The summed E-state index contributed by atoms with van der Waals surface area (Å²) >= 11 is 0. The topological polar surface area (TPSA) is 53.6 Å². The van der Waals surface area contributed by atoms with Crippen molar-refractivity contribution in [1.82, 2.24) is 10.2 Å². The lowest BCUT2D eigenvalue weighted by Gasteiger charge is -2.18. The largest absolute Gasteiger partial charge is 0.380 e. The summed E-state index contributed by atoms with van der Waals surface area (Å²) in [6.45, 7) is 4.91. The van der Waals surface area contributed by atoms with Crippen LogP contribution in [0.5, 0.6) is 0 Å². The Morgan fingerprint density at radius 3 is 3.15 bits per heavy atom. The Kier molecular flexibility index (Phi) is 5.98. The minimum atomic E-state index is 0.0430. The molecule has 0 spiro atoms. The van der Waals surface area contributed by atoms with Crippen LogP contribution in [0.1, 0.15) is 12.0 Å². The number of carbonyl (C=O) groups excluding carboxylic acids is 1. The van der Waals surface area contributed by atoms with Gasteiger partial charge < -0.3 is 15.4 Å². The van der Waals surface area contributed by atoms with Crippen molar-refractivity contribution < 1.29 is 9.53 Å². The average molecular weight is 277 g/mol. The Morgan fingerprint density at radius 1 is 1.40 bits per heavy atom. The summed E-state index contributed by atoms with van der Waals surface area (Å²) in [5.74, 6) is 0.0430. The van der Waals surface area contributed by atoms with Gasteiger partial charge in [0.25, 0.3) is 0 Å². The van der Waals surface area contributed by atoms with Crippen molar-refractivity contribution in [2.45, 2.75) is 13.0 Å². The molecular weight excluding hydrogens is 254 g/mol. The highest BCUT2D eigenvalue weighted by Gasteiger charge is 2.12. The zero-order chi connectivity index (χ0) is 14.2. The van der Waals surface area contributed by atoms with Gasteiger partial charge in [-0.2, -0.15) is 0 Å². The summed E-state index contributed by atoms with van der Waals surface area (Å²) < 4.78 is 5.10. The standard InChI is InChI=1S/C15H23N3O2/c1-20-12-13-4-2-5-14(10-13)17-15(19)11-18-8-3-6-16-7-9-18/h2,4-5,10,16H,3,6-9,11-12H2,1H3,(H,17,19). The maximum atomic E-state index is 12.1. The number of hydrogen-bond acceptors (Lipinski definition) is 4. The highest BCUT2D eigenvalue weighted by atomic mass is 16.5. The zero-order valence-electron chi connectivity index (χ0n) is 12.0. The van der Waals surface area contributed by atoms with Crippen molar-refractivity contribution in [3.63, 3.8) is 0 Å². The summed E-state index contributed by atoms with van der Waals surface area (Å²) in [4.78, 5) is 14.2. The van der Waals surface area contributed by atoms with Gasteiger partial charge in [0, 0.05) is 25.9 Å². The predicted octanol–water partition coefficient (Wildman–Crippen LogP) is 1.07. The molecule has 1 aliphatic heterocycles. The van der Waals surface area contributed by atoms with Gasteiger partial charge >= 0.3 is 0 Å². The van der Waals surface area contributed by atoms with Gasteiger partial charge in [0.05, 0.1) is 13.2 Å². The highest BCUT2D eigenvalue weighted by Crippen LogP contribution is 2.11. The van der Waals surface area contributed by atoms with Gasteiger partial charge in [0.15, 0.2) is 0 Å². The average Bonchev–Trinajstić information content (AvgIpc) is 2.68. The molecule has 0 atom stereocenters. The van der Waals surface area contributed by atoms with Crippen LogP contribution >= 0.6 is 0 Å². The van der Waals surface area contributed by atoms with E-state index < -0.39 is 0 Å². The molecule has 1 saturated heterocycles. The Morgan fingerprint density at radius 2 is 2.30 bits per heavy atom. The minimum Gasteiger partial charge on any atom is -0.380 e. The number of hydrogen-bond donors (Lipinski definition) is 2. The molecular formula is C15H23N3O2. The smallest absolute Gasteiger partial charge is 0.238 e. The number of methoxy groups -OCH3 is 1. The van der Waals surface area contributed by atoms with Crippen molar-refractivity contribution >= 4 is 11.6 Å². The molecule has 1 aliphatic rings. The second kappa shape index (κ2) is 7.99. The number of rotatable bonds is 5. The molecule has 0 aromatic heterocycles. The quantitative estimate of drug-likeness (QED) is 0.845. The molecule has 0 aliphatic carbocycles. The molecule has 2 N–H and O–H groups in total. The van der Waals surface area contributed by atoms with Crippen LogP contribution in [0.15, 0.2) is 24.3 Å². The number of nitrogens with zero attached hydrogens (tertiary/aromatic N) is 1. The molecule has 0 saturated carbocycles. The van der Waals surface area contributed by atoms with E-state index in [1.165, 1.54) is 0 Å². The molecule has 0 unspecified atom stereocenters. The van der Waals surface area contributed by atoms with Crippen LogP contribution in [0.3, 0.4) is 0 Å². The normalized spacial score (nSPS) is 16.6. The molecule has 1 aromatic carbocycles. The van der Waals surface area contributed by atoms with Crippen LogP contribution in [-0.4, -0.2) is 50.6 Å². The molecule has 1 aromatic rings. The number of nitrogens with one attached hydrogen (secondary N) is 2. The van der Waals surface area contributed by atoms with Gasteiger partial charge in [-0.15, -0.1) is 0 Å². The van der Waals surface area contributed by atoms with Crippen LogP contribution in [0, 0.1) is 0 Å². The summed E-state index contributed by atoms with van der Waals surface area (Å²) in [5.41, 5.74) is 1.89. The number of ether oxygens (including phenoxy) is 1. The van der Waals surface area contributed by atoms with Gasteiger partial charge in [0.1, 0.15) is 0 Å². The summed E-state index contributed by atoms with van der Waals surface area (Å²) in [6.07, 6.45) is 1.09. The van der Waals surface area contributed by atoms with Crippen LogP contribution in [0.4, 0.5) is 5.69 Å². The minimum absolute atomic E-state index is 0.0430. The van der Waals surface area contributed by atoms with Gasteiger partial charge in [-0.1, -0.05) is 12.1 Å². The molecule has 1 amide bonds.